The van der Waals surface area contributed by atoms with Crippen LogP contribution in [0.2, 0.25) is 0 Å². The van der Waals surface area contributed by atoms with Crippen molar-refractivity contribution in [3.63, 3.8) is 0 Å². The minimum Gasteiger partial charge on any atom is -0.197 e. The molecule has 0 aliphatic rings. The summed E-state index contributed by atoms with van der Waals surface area (Å²) in [5, 5.41) is 7.64. The maximum atomic E-state index is 3.98. The van der Waals surface area contributed by atoms with Crippen molar-refractivity contribution in [2.45, 2.75) is 26.2 Å². The molecule has 3 nitrogen and oxygen atoms in total. The number of rotatable bonds is 0. The van der Waals surface area contributed by atoms with Gasteiger partial charge in [0.15, 0.2) is 0 Å². The Kier molecular flexibility index (Phi) is 1.72. The summed E-state index contributed by atoms with van der Waals surface area (Å²) in [5.41, 5.74) is 1.03. The van der Waals surface area contributed by atoms with Gasteiger partial charge >= 0.3 is 0 Å². The van der Waals surface area contributed by atoms with E-state index in [0.29, 0.717) is 0 Å². The van der Waals surface area contributed by atoms with Crippen molar-refractivity contribution >= 4 is 12.8 Å². The van der Waals surface area contributed by atoms with Gasteiger partial charge in [-0.15, -0.1) is 5.10 Å². The topological polar surface area (TPSA) is 30.7 Å². The number of hydrogen-bond donors (Lipinski definition) is 1. The lowest BCUT2D eigenvalue weighted by atomic mass is 9.93. The van der Waals surface area contributed by atoms with Crippen LogP contribution in [0.3, 0.4) is 0 Å². The molecule has 0 unspecified atom stereocenters. The predicted octanol–water partition coefficient (Wildman–Crippen LogP) is 1.27. The van der Waals surface area contributed by atoms with Crippen molar-refractivity contribution in [2.75, 3.05) is 0 Å². The first-order chi connectivity index (χ1) is 4.50. The summed E-state index contributed by atoms with van der Waals surface area (Å²) < 4.78 is 1.42. The van der Waals surface area contributed by atoms with Crippen molar-refractivity contribution in [1.29, 1.82) is 0 Å². The minimum atomic E-state index is 0.0704. The highest BCUT2D eigenvalue weighted by Crippen LogP contribution is 2.18. The molecule has 56 valence electrons. The second-order valence-electron chi connectivity index (χ2n) is 3.27. The van der Waals surface area contributed by atoms with E-state index in [1.165, 1.54) is 4.09 Å². The third kappa shape index (κ3) is 1.50. The van der Waals surface area contributed by atoms with E-state index in [1.807, 2.05) is 6.20 Å². The first-order valence-corrected chi connectivity index (χ1v) is 3.52. The van der Waals surface area contributed by atoms with E-state index in [-0.39, 0.29) is 5.41 Å². The minimum absolute atomic E-state index is 0.0704. The van der Waals surface area contributed by atoms with Crippen LogP contribution in [0.25, 0.3) is 0 Å². The Labute approximate surface area is 66.0 Å². The lowest BCUT2D eigenvalue weighted by Gasteiger charge is -2.12. The molecule has 1 aromatic rings. The number of nitrogens with zero attached hydrogens (tertiary/aromatic N) is 3. The zero-order valence-electron chi connectivity index (χ0n) is 6.37. The highest BCUT2D eigenvalue weighted by Gasteiger charge is 2.16. The van der Waals surface area contributed by atoms with Gasteiger partial charge in [-0.2, -0.15) is 4.09 Å². The van der Waals surface area contributed by atoms with Gasteiger partial charge in [0.1, 0.15) is 0 Å². The van der Waals surface area contributed by atoms with Gasteiger partial charge in [-0.05, 0) is 12.8 Å². The Morgan fingerprint density at radius 3 is 2.30 bits per heavy atom. The van der Waals surface area contributed by atoms with Crippen molar-refractivity contribution in [3.8, 4) is 0 Å². The van der Waals surface area contributed by atoms with E-state index >= 15 is 0 Å². The normalized spacial score (nSPS) is 12.0. The smallest absolute Gasteiger partial charge is 0.0891 e. The van der Waals surface area contributed by atoms with Gasteiger partial charge in [-0.1, -0.05) is 26.0 Å². The monoisotopic (exact) mass is 157 g/mol. The molecule has 0 amide bonds. The molecule has 0 fully saturated rings. The molecule has 0 saturated heterocycles. The number of hydrogen-bond acceptors (Lipinski definition) is 3. The Morgan fingerprint density at radius 1 is 1.50 bits per heavy atom. The van der Waals surface area contributed by atoms with Gasteiger partial charge in [0, 0.05) is 5.41 Å². The highest BCUT2D eigenvalue weighted by atomic mass is 32.1. The van der Waals surface area contributed by atoms with E-state index in [1.54, 1.807) is 0 Å². The van der Waals surface area contributed by atoms with E-state index < -0.39 is 0 Å². The third-order valence-corrected chi connectivity index (χ3v) is 1.45. The van der Waals surface area contributed by atoms with E-state index in [0.717, 1.165) is 5.69 Å². The van der Waals surface area contributed by atoms with Crippen LogP contribution in [0.5, 0.6) is 0 Å². The Morgan fingerprint density at radius 2 is 2.10 bits per heavy atom. The quantitative estimate of drug-likeness (QED) is 0.575. The van der Waals surface area contributed by atoms with Crippen molar-refractivity contribution in [2.24, 2.45) is 0 Å². The lowest BCUT2D eigenvalue weighted by molar-refractivity contribution is 0.566. The van der Waals surface area contributed by atoms with Crippen LogP contribution in [0.15, 0.2) is 6.20 Å². The zero-order valence-corrected chi connectivity index (χ0v) is 7.26. The molecule has 0 aromatic carbocycles. The molecule has 4 heteroatoms. The Bertz CT molecular complexity index is 223. The SMILES string of the molecule is CC(C)(C)c1cn(S)nn1. The number of thiol groups is 1. The van der Waals surface area contributed by atoms with Crippen molar-refractivity contribution in [1.82, 2.24) is 14.4 Å². The molecule has 0 saturated carbocycles. The molecule has 0 spiro atoms. The number of aromatic nitrogens is 3. The summed E-state index contributed by atoms with van der Waals surface area (Å²) in [4.78, 5) is 0. The van der Waals surface area contributed by atoms with Gasteiger partial charge in [0.2, 0.25) is 0 Å². The summed E-state index contributed by atoms with van der Waals surface area (Å²) in [5.74, 6) is 0. The molecule has 0 radical (unpaired) electrons. The van der Waals surface area contributed by atoms with Gasteiger partial charge in [-0.3, -0.25) is 0 Å². The summed E-state index contributed by atoms with van der Waals surface area (Å²) in [6, 6.07) is 0. The lowest BCUT2D eigenvalue weighted by Crippen LogP contribution is -2.11. The van der Waals surface area contributed by atoms with E-state index in [4.69, 9.17) is 0 Å². The first-order valence-electron chi connectivity index (χ1n) is 3.12. The molecule has 0 aliphatic carbocycles. The maximum absolute atomic E-state index is 3.98. The Hall–Kier alpha value is -0.510. The van der Waals surface area contributed by atoms with Gasteiger partial charge in [-0.25, -0.2) is 0 Å². The van der Waals surface area contributed by atoms with Gasteiger partial charge in [0.25, 0.3) is 0 Å². The summed E-state index contributed by atoms with van der Waals surface area (Å²) in [7, 11) is 0. The molecule has 1 aromatic heterocycles. The van der Waals surface area contributed by atoms with Crippen LogP contribution in [0.4, 0.5) is 0 Å². The fourth-order valence-corrected chi connectivity index (χ4v) is 0.748. The largest absolute Gasteiger partial charge is 0.197 e. The molecule has 10 heavy (non-hydrogen) atoms. The molecule has 0 N–H and O–H groups in total. The molecule has 1 rings (SSSR count). The van der Waals surface area contributed by atoms with Crippen LogP contribution in [0, 0.1) is 0 Å². The van der Waals surface area contributed by atoms with Crippen LogP contribution in [0.1, 0.15) is 26.5 Å². The second-order valence-corrected chi connectivity index (χ2v) is 3.68. The summed E-state index contributed by atoms with van der Waals surface area (Å²) in [6.45, 7) is 6.26. The maximum Gasteiger partial charge on any atom is 0.0891 e. The molecule has 1 heterocycles. The molecule has 0 atom stereocenters. The first kappa shape index (κ1) is 7.60. The third-order valence-electron chi connectivity index (χ3n) is 1.25. The molecule has 0 aliphatic heterocycles. The fourth-order valence-electron chi connectivity index (χ4n) is 0.599. The standard InChI is InChI=1S/C6H11N3S/c1-6(2,3)5-4-9(10)8-7-5/h4,10H,1-3H3. The summed E-state index contributed by atoms with van der Waals surface area (Å²) >= 11 is 3.98. The van der Waals surface area contributed by atoms with Crippen molar-refractivity contribution in [3.05, 3.63) is 11.9 Å². The van der Waals surface area contributed by atoms with E-state index in [9.17, 15) is 0 Å². The predicted molar refractivity (Wildman–Crippen MR) is 43.1 cm³/mol. The molecule has 0 bridgehead atoms. The van der Waals surface area contributed by atoms with Gasteiger partial charge < -0.3 is 0 Å². The Balaban J connectivity index is 2.96. The second kappa shape index (κ2) is 2.27. The van der Waals surface area contributed by atoms with Crippen LogP contribution in [-0.2, 0) is 5.41 Å². The van der Waals surface area contributed by atoms with Crippen LogP contribution >= 0.6 is 12.8 Å². The highest BCUT2D eigenvalue weighted by molar-refractivity contribution is 7.78. The molecular formula is C6H11N3S. The van der Waals surface area contributed by atoms with Crippen molar-refractivity contribution < 1.29 is 0 Å². The fraction of sp³-hybridized carbons (Fsp3) is 0.667. The molecular weight excluding hydrogens is 146 g/mol. The van der Waals surface area contributed by atoms with Crippen LogP contribution in [-0.4, -0.2) is 14.4 Å². The summed E-state index contributed by atoms with van der Waals surface area (Å²) in [6.07, 6.45) is 1.81. The van der Waals surface area contributed by atoms with Crippen LogP contribution < -0.4 is 0 Å². The zero-order chi connectivity index (χ0) is 7.78. The van der Waals surface area contributed by atoms with Gasteiger partial charge in [0.05, 0.1) is 11.9 Å². The average molecular weight is 157 g/mol. The van der Waals surface area contributed by atoms with E-state index in [2.05, 4.69) is 43.9 Å². The average Bonchev–Trinajstić information content (AvgIpc) is 2.11.